The summed E-state index contributed by atoms with van der Waals surface area (Å²) in [6.45, 7) is 7.72. The molecular weight excluding hydrogens is 468 g/mol. The number of ether oxygens (including phenoxy) is 1. The molecule has 184 valence electrons. The predicted octanol–water partition coefficient (Wildman–Crippen LogP) is 3.26. The van der Waals surface area contributed by atoms with Crippen LogP contribution in [0, 0.1) is 0 Å². The van der Waals surface area contributed by atoms with Crippen LogP contribution in [0.1, 0.15) is 20.8 Å². The third kappa shape index (κ3) is 6.11. The Bertz CT molecular complexity index is 1340. The molecule has 0 bridgehead atoms. The number of rotatable bonds is 6. The van der Waals surface area contributed by atoms with Crippen LogP contribution in [0.3, 0.4) is 0 Å². The summed E-state index contributed by atoms with van der Waals surface area (Å²) < 4.78 is 29.7. The topological polar surface area (TPSA) is 126 Å². The second kappa shape index (κ2) is 9.59. The third-order valence-electron chi connectivity index (χ3n) is 5.39. The molecule has 3 aromatic rings. The summed E-state index contributed by atoms with van der Waals surface area (Å²) in [7, 11) is -3.47. The molecule has 35 heavy (non-hydrogen) atoms. The lowest BCUT2D eigenvalue weighted by atomic mass is 10.1. The molecule has 0 spiro atoms. The molecule has 10 nitrogen and oxygen atoms in total. The van der Waals surface area contributed by atoms with Crippen LogP contribution in [0.2, 0.25) is 0 Å². The maximum Gasteiger partial charge on any atom is 0.222 e. The van der Waals surface area contributed by atoms with Gasteiger partial charge in [0.2, 0.25) is 5.91 Å². The largest absolute Gasteiger partial charge is 0.372 e. The van der Waals surface area contributed by atoms with Crippen LogP contribution in [0.4, 0.5) is 23.0 Å². The fourth-order valence-corrected chi connectivity index (χ4v) is 4.40. The van der Waals surface area contributed by atoms with Crippen LogP contribution >= 0.6 is 0 Å². The molecule has 1 aliphatic rings. The Kier molecular flexibility index (Phi) is 6.73. The fourth-order valence-electron chi connectivity index (χ4n) is 3.81. The first-order chi connectivity index (χ1) is 16.5. The number of carbonyl (C=O) groups excluding carboxylic acids is 1. The van der Waals surface area contributed by atoms with Crippen molar-refractivity contribution < 1.29 is 17.9 Å². The van der Waals surface area contributed by atoms with E-state index in [4.69, 9.17) is 4.74 Å². The summed E-state index contributed by atoms with van der Waals surface area (Å²) in [5.41, 5.74) is 2.65. The van der Waals surface area contributed by atoms with E-state index >= 15 is 0 Å². The Hall–Kier alpha value is -3.57. The number of carbonyl (C=O) groups is 1. The Balaban J connectivity index is 1.67. The van der Waals surface area contributed by atoms with E-state index in [0.29, 0.717) is 35.2 Å². The molecule has 1 amide bonds. The van der Waals surface area contributed by atoms with Crippen LogP contribution in [0.15, 0.2) is 53.8 Å². The number of hydrogen-bond acceptors (Lipinski definition) is 9. The van der Waals surface area contributed by atoms with E-state index in [1.807, 2.05) is 18.3 Å². The first kappa shape index (κ1) is 24.6. The molecular formula is C24H28N6O4S. The van der Waals surface area contributed by atoms with Gasteiger partial charge in [-0.15, -0.1) is 0 Å². The van der Waals surface area contributed by atoms with Gasteiger partial charge in [-0.2, -0.15) is 0 Å². The van der Waals surface area contributed by atoms with E-state index in [1.54, 1.807) is 24.4 Å². The summed E-state index contributed by atoms with van der Waals surface area (Å²) in [5, 5.41) is 5.77. The van der Waals surface area contributed by atoms with E-state index < -0.39 is 9.84 Å². The maximum absolute atomic E-state index is 11.9. The first-order valence-corrected chi connectivity index (χ1v) is 13.0. The highest BCUT2D eigenvalue weighted by Gasteiger charge is 2.27. The van der Waals surface area contributed by atoms with Gasteiger partial charge in [0.05, 0.1) is 35.5 Å². The highest BCUT2D eigenvalue weighted by molar-refractivity contribution is 7.90. The normalized spacial score (nSPS) is 15.5. The van der Waals surface area contributed by atoms with Gasteiger partial charge in [-0.3, -0.25) is 9.78 Å². The van der Waals surface area contributed by atoms with Gasteiger partial charge in [-0.25, -0.2) is 18.4 Å². The molecule has 1 saturated heterocycles. The lowest BCUT2D eigenvalue weighted by molar-refractivity contribution is -0.114. The molecule has 0 aromatic carbocycles. The van der Waals surface area contributed by atoms with Crippen molar-refractivity contribution in [3.63, 3.8) is 0 Å². The molecule has 4 heterocycles. The molecule has 2 N–H and O–H groups in total. The Labute approximate surface area is 204 Å². The van der Waals surface area contributed by atoms with E-state index in [9.17, 15) is 13.2 Å². The van der Waals surface area contributed by atoms with Gasteiger partial charge in [0.15, 0.2) is 14.9 Å². The summed E-state index contributed by atoms with van der Waals surface area (Å²) in [6, 6.07) is 10.3. The molecule has 0 unspecified atom stereocenters. The van der Waals surface area contributed by atoms with Gasteiger partial charge in [-0.05, 0) is 38.1 Å². The average Bonchev–Trinajstić information content (AvgIpc) is 2.78. The molecule has 0 saturated carbocycles. The number of hydrogen-bond donors (Lipinski definition) is 2. The second-order valence-corrected chi connectivity index (χ2v) is 10.9. The molecule has 11 heteroatoms. The molecule has 3 aromatic heterocycles. The van der Waals surface area contributed by atoms with Gasteiger partial charge in [-0.1, -0.05) is 6.07 Å². The molecule has 0 atom stereocenters. The number of sulfone groups is 1. The van der Waals surface area contributed by atoms with Crippen LogP contribution in [0.5, 0.6) is 0 Å². The van der Waals surface area contributed by atoms with Gasteiger partial charge in [0.25, 0.3) is 0 Å². The van der Waals surface area contributed by atoms with E-state index in [0.717, 1.165) is 25.0 Å². The summed E-state index contributed by atoms with van der Waals surface area (Å²) >= 11 is 0. The number of aromatic nitrogens is 3. The lowest BCUT2D eigenvalue weighted by Crippen LogP contribution is -2.48. The minimum Gasteiger partial charge on any atom is -0.372 e. The standard InChI is InChI=1S/C24H28N6O4S/c1-16(31)27-22-12-20(28-21-6-5-7-23(29-21)35(4,32)33)18(14-26-22)19-9-8-17(13-25-19)30-10-11-34-24(2,3)15-30/h5-9,12-14H,10-11,15H2,1-4H3,(H2,26,27,28,29,31). The molecule has 0 aliphatic carbocycles. The van der Waals surface area contributed by atoms with Gasteiger partial charge < -0.3 is 20.3 Å². The maximum atomic E-state index is 11.9. The molecule has 4 rings (SSSR count). The van der Waals surface area contributed by atoms with Crippen molar-refractivity contribution in [2.45, 2.75) is 31.4 Å². The van der Waals surface area contributed by atoms with Crippen molar-refractivity contribution in [3.8, 4) is 11.3 Å². The molecule has 0 radical (unpaired) electrons. The number of nitrogens with one attached hydrogen (secondary N) is 2. The Morgan fingerprint density at radius 1 is 1.11 bits per heavy atom. The van der Waals surface area contributed by atoms with Crippen LogP contribution in [0.25, 0.3) is 11.3 Å². The number of pyridine rings is 3. The van der Waals surface area contributed by atoms with Crippen molar-refractivity contribution in [3.05, 3.63) is 48.8 Å². The third-order valence-corrected chi connectivity index (χ3v) is 6.38. The zero-order valence-electron chi connectivity index (χ0n) is 20.1. The smallest absolute Gasteiger partial charge is 0.222 e. The van der Waals surface area contributed by atoms with E-state index in [-0.39, 0.29) is 16.5 Å². The van der Waals surface area contributed by atoms with Crippen LogP contribution in [-0.2, 0) is 19.4 Å². The summed E-state index contributed by atoms with van der Waals surface area (Å²) in [4.78, 5) is 27.0. The zero-order valence-corrected chi connectivity index (χ0v) is 20.9. The number of morpholine rings is 1. The van der Waals surface area contributed by atoms with Crippen molar-refractivity contribution in [2.75, 3.05) is 41.5 Å². The zero-order chi connectivity index (χ0) is 25.2. The number of nitrogens with zero attached hydrogens (tertiary/aromatic N) is 4. The van der Waals surface area contributed by atoms with Crippen LogP contribution < -0.4 is 15.5 Å². The summed E-state index contributed by atoms with van der Waals surface area (Å²) in [5.74, 6) is 0.417. The Morgan fingerprint density at radius 3 is 2.57 bits per heavy atom. The quantitative estimate of drug-likeness (QED) is 0.529. The van der Waals surface area contributed by atoms with Gasteiger partial charge in [0.1, 0.15) is 11.6 Å². The summed E-state index contributed by atoms with van der Waals surface area (Å²) in [6.07, 6.45) is 4.52. The highest BCUT2D eigenvalue weighted by atomic mass is 32.2. The van der Waals surface area contributed by atoms with E-state index in [2.05, 4.69) is 44.3 Å². The fraction of sp³-hybridized carbons (Fsp3) is 0.333. The van der Waals surface area contributed by atoms with Gasteiger partial charge in [0, 0.05) is 44.1 Å². The first-order valence-electron chi connectivity index (χ1n) is 11.1. The highest BCUT2D eigenvalue weighted by Crippen LogP contribution is 2.32. The van der Waals surface area contributed by atoms with E-state index in [1.165, 1.54) is 13.0 Å². The Morgan fingerprint density at radius 2 is 1.91 bits per heavy atom. The minimum absolute atomic E-state index is 0.0453. The number of amides is 1. The second-order valence-electron chi connectivity index (χ2n) is 8.99. The molecule has 1 aliphatic heterocycles. The monoisotopic (exact) mass is 496 g/mol. The van der Waals surface area contributed by atoms with Crippen molar-refractivity contribution in [1.29, 1.82) is 0 Å². The predicted molar refractivity (Wildman–Crippen MR) is 135 cm³/mol. The SMILES string of the molecule is CC(=O)Nc1cc(Nc2cccc(S(C)(=O)=O)n2)c(-c2ccc(N3CCOC(C)(C)C3)cn2)cn1. The van der Waals surface area contributed by atoms with Crippen molar-refractivity contribution >= 4 is 38.8 Å². The number of anilines is 4. The van der Waals surface area contributed by atoms with Crippen molar-refractivity contribution in [2.24, 2.45) is 0 Å². The lowest BCUT2D eigenvalue weighted by Gasteiger charge is -2.39. The van der Waals surface area contributed by atoms with Gasteiger partial charge >= 0.3 is 0 Å². The van der Waals surface area contributed by atoms with Crippen LogP contribution in [-0.4, -0.2) is 60.8 Å². The average molecular weight is 497 g/mol. The minimum atomic E-state index is -3.47. The molecule has 1 fully saturated rings. The van der Waals surface area contributed by atoms with Crippen molar-refractivity contribution in [1.82, 2.24) is 15.0 Å².